The van der Waals surface area contributed by atoms with Gasteiger partial charge in [0.2, 0.25) is 5.91 Å². The summed E-state index contributed by atoms with van der Waals surface area (Å²) in [6.07, 6.45) is 4.08. The Balaban J connectivity index is 1.73. The zero-order valence-corrected chi connectivity index (χ0v) is 27.5. The molecule has 0 aliphatic heterocycles. The monoisotopic (exact) mass is 639 g/mol. The van der Waals surface area contributed by atoms with Crippen LogP contribution in [0.2, 0.25) is 25.7 Å². The van der Waals surface area contributed by atoms with Crippen molar-refractivity contribution < 1.29 is 18.7 Å². The van der Waals surface area contributed by atoms with Gasteiger partial charge >= 0.3 is 0 Å². The fourth-order valence-corrected chi connectivity index (χ4v) is 5.46. The first kappa shape index (κ1) is 33.7. The second kappa shape index (κ2) is 15.1. The first-order chi connectivity index (χ1) is 19.8. The molecule has 3 heterocycles. The third kappa shape index (κ3) is 9.35. The molecule has 1 atom stereocenters. The number of nitrogens with one attached hydrogen (secondary N) is 2. The highest BCUT2D eigenvalue weighted by Gasteiger charge is 2.25. The van der Waals surface area contributed by atoms with Crippen LogP contribution in [0.4, 0.5) is 10.2 Å². The van der Waals surface area contributed by atoms with Crippen LogP contribution >= 0.6 is 23.2 Å². The Morgan fingerprint density at radius 3 is 2.55 bits per heavy atom. The van der Waals surface area contributed by atoms with E-state index < -0.39 is 36.6 Å². The van der Waals surface area contributed by atoms with Crippen molar-refractivity contribution in [1.29, 1.82) is 0 Å². The lowest BCUT2D eigenvalue weighted by Gasteiger charge is -2.19. The zero-order chi connectivity index (χ0) is 31.0. The summed E-state index contributed by atoms with van der Waals surface area (Å²) in [5, 5.41) is 14.0. The number of anilines is 1. The van der Waals surface area contributed by atoms with E-state index in [0.29, 0.717) is 42.9 Å². The van der Waals surface area contributed by atoms with Gasteiger partial charge in [-0.1, -0.05) is 19.6 Å². The summed E-state index contributed by atoms with van der Waals surface area (Å²) in [7, 11) is -1.21. The molecule has 0 fully saturated rings. The molecule has 0 radical (unpaired) electrons. The highest BCUT2D eigenvalue weighted by atomic mass is 35.5. The minimum atomic E-state index is -1.21. The van der Waals surface area contributed by atoms with Crippen LogP contribution in [0.25, 0.3) is 11.1 Å². The number of pyridine rings is 1. The van der Waals surface area contributed by atoms with Crippen molar-refractivity contribution in [3.63, 3.8) is 0 Å². The predicted octanol–water partition coefficient (Wildman–Crippen LogP) is 5.94. The van der Waals surface area contributed by atoms with Gasteiger partial charge in [-0.3, -0.25) is 14.3 Å². The number of carbonyl (C=O) groups excluding carboxylic acids is 2. The van der Waals surface area contributed by atoms with Crippen LogP contribution in [0, 0.1) is 19.7 Å². The molecule has 0 saturated carbocycles. The number of rotatable bonds is 15. The molecule has 10 nitrogen and oxygen atoms in total. The van der Waals surface area contributed by atoms with Crippen molar-refractivity contribution in [2.45, 2.75) is 89.9 Å². The normalized spacial score (nSPS) is 12.5. The van der Waals surface area contributed by atoms with Crippen molar-refractivity contribution in [2.75, 3.05) is 11.9 Å². The van der Waals surface area contributed by atoms with Crippen molar-refractivity contribution >= 4 is 48.9 Å². The number of aryl methyl sites for hydroxylation is 2. The van der Waals surface area contributed by atoms with Crippen molar-refractivity contribution in [2.24, 2.45) is 0 Å². The maximum Gasteiger partial charge on any atom is 0.270 e. The number of alkyl halides is 2. The predicted molar refractivity (Wildman–Crippen MR) is 166 cm³/mol. The molecule has 14 heteroatoms. The number of aromatic nitrogens is 5. The molecule has 3 aromatic rings. The molecule has 0 aromatic carbocycles. The summed E-state index contributed by atoms with van der Waals surface area (Å²) in [4.78, 5) is 29.8. The molecule has 230 valence electrons. The molecule has 3 rings (SSSR count). The smallest absolute Gasteiger partial charge is 0.270 e. The van der Waals surface area contributed by atoms with Crippen LogP contribution in [-0.4, -0.2) is 61.9 Å². The van der Waals surface area contributed by atoms with Crippen LogP contribution in [0.1, 0.15) is 48.1 Å². The number of nitrogens with zero attached hydrogens (tertiary/aromatic N) is 5. The Bertz CT molecular complexity index is 1370. The highest BCUT2D eigenvalue weighted by molar-refractivity contribution is 6.76. The molecule has 2 N–H and O–H groups in total. The third-order valence-corrected chi connectivity index (χ3v) is 8.89. The number of hydrogen-bond acceptors (Lipinski definition) is 6. The Hall–Kier alpha value is -2.80. The number of carbonyl (C=O) groups is 2. The lowest BCUT2D eigenvalue weighted by molar-refractivity contribution is -0.118. The van der Waals surface area contributed by atoms with Crippen molar-refractivity contribution in [3.8, 4) is 11.1 Å². The van der Waals surface area contributed by atoms with Gasteiger partial charge in [0, 0.05) is 56.5 Å². The van der Waals surface area contributed by atoms with E-state index in [-0.39, 0.29) is 24.5 Å². The van der Waals surface area contributed by atoms with E-state index in [9.17, 15) is 9.59 Å². The van der Waals surface area contributed by atoms with Gasteiger partial charge in [-0.15, -0.1) is 23.2 Å². The molecule has 0 spiro atoms. The third-order valence-electron chi connectivity index (χ3n) is 6.75. The summed E-state index contributed by atoms with van der Waals surface area (Å²) in [6, 6.07) is 2.84. The summed E-state index contributed by atoms with van der Waals surface area (Å²) >= 11 is 11.7. The highest BCUT2D eigenvalue weighted by Crippen LogP contribution is 2.30. The SMILES string of the molecule is CCn1nccc1C(=O)NC(CCCC(Cl)Cl)C(=O)Nc1cc(F)c(-c2c(C)nn(COCC[Si](C)(C)C)c2C)cn1. The fraction of sp³-hybridized carbons (Fsp3) is 0.536. The van der Waals surface area contributed by atoms with Gasteiger partial charge in [-0.05, 0) is 52.1 Å². The molecular weight excluding hydrogens is 600 g/mol. The molecule has 0 saturated heterocycles. The maximum atomic E-state index is 15.4. The largest absolute Gasteiger partial charge is 0.360 e. The molecule has 42 heavy (non-hydrogen) atoms. The fourth-order valence-electron chi connectivity index (χ4n) is 4.39. The standard InChI is InChI=1S/C28H40Cl2FN7O3Si/c1-7-37-23(11-12-33-37)28(40)34-22(9-8-10-24(29)30)27(39)35-25-15-21(31)20(16-32-25)26-18(2)36-38(19(26)3)17-41-13-14-42(4,5)6/h11-12,15-16,22,24H,7-10,13-14,17H2,1-6H3,(H,34,40)(H,32,35,39). The summed E-state index contributed by atoms with van der Waals surface area (Å²) in [5.74, 6) is -1.54. The van der Waals surface area contributed by atoms with Crippen LogP contribution in [-0.2, 0) is 22.8 Å². The Kier molecular flexibility index (Phi) is 12.1. The van der Waals surface area contributed by atoms with E-state index in [0.717, 1.165) is 17.8 Å². The lowest BCUT2D eigenvalue weighted by Crippen LogP contribution is -2.44. The number of hydrogen-bond donors (Lipinski definition) is 2. The van der Waals surface area contributed by atoms with E-state index in [2.05, 4.69) is 45.5 Å². The van der Waals surface area contributed by atoms with Crippen LogP contribution in [0.3, 0.4) is 0 Å². The molecule has 0 bridgehead atoms. The molecule has 1 unspecified atom stereocenters. The van der Waals surface area contributed by atoms with Gasteiger partial charge in [0.25, 0.3) is 5.91 Å². The first-order valence-electron chi connectivity index (χ1n) is 14.0. The number of ether oxygens (including phenoxy) is 1. The summed E-state index contributed by atoms with van der Waals surface area (Å²) in [5.41, 5.74) is 2.61. The van der Waals surface area contributed by atoms with E-state index >= 15 is 4.39 Å². The quantitative estimate of drug-likeness (QED) is 0.121. The van der Waals surface area contributed by atoms with Gasteiger partial charge in [0.05, 0.1) is 5.69 Å². The molecule has 0 aliphatic rings. The average molecular weight is 641 g/mol. The molecular formula is C28H40Cl2FN7O3Si. The second-order valence-electron chi connectivity index (χ2n) is 11.3. The average Bonchev–Trinajstić information content (AvgIpc) is 3.49. The maximum absolute atomic E-state index is 15.4. The topological polar surface area (TPSA) is 116 Å². The van der Waals surface area contributed by atoms with Crippen LogP contribution in [0.5, 0.6) is 0 Å². The lowest BCUT2D eigenvalue weighted by atomic mass is 10.1. The molecule has 3 aromatic heterocycles. The van der Waals surface area contributed by atoms with Crippen LogP contribution in [0.15, 0.2) is 24.5 Å². The van der Waals surface area contributed by atoms with Crippen molar-refractivity contribution in [1.82, 2.24) is 29.9 Å². The zero-order valence-electron chi connectivity index (χ0n) is 25.0. The van der Waals surface area contributed by atoms with Crippen molar-refractivity contribution in [3.05, 3.63) is 47.4 Å². The minimum Gasteiger partial charge on any atom is -0.360 e. The van der Waals surface area contributed by atoms with E-state index in [1.54, 1.807) is 17.7 Å². The first-order valence-corrected chi connectivity index (χ1v) is 18.6. The molecule has 2 amide bonds. The minimum absolute atomic E-state index is 0.0176. The van der Waals surface area contributed by atoms with Crippen LogP contribution < -0.4 is 10.6 Å². The van der Waals surface area contributed by atoms with Gasteiger partial charge in [0.15, 0.2) is 0 Å². The Morgan fingerprint density at radius 2 is 1.90 bits per heavy atom. The van der Waals surface area contributed by atoms with Gasteiger partial charge < -0.3 is 15.4 Å². The second-order valence-corrected chi connectivity index (χ2v) is 18.2. The van der Waals surface area contributed by atoms with E-state index in [4.69, 9.17) is 27.9 Å². The number of halogens is 3. The van der Waals surface area contributed by atoms with Gasteiger partial charge in [-0.25, -0.2) is 14.1 Å². The summed E-state index contributed by atoms with van der Waals surface area (Å²) in [6.45, 7) is 13.8. The van der Waals surface area contributed by atoms with Gasteiger partial charge in [0.1, 0.15) is 34.9 Å². The number of amides is 2. The Labute approximate surface area is 257 Å². The van der Waals surface area contributed by atoms with E-state index in [1.165, 1.54) is 17.1 Å². The Morgan fingerprint density at radius 1 is 1.17 bits per heavy atom. The molecule has 0 aliphatic carbocycles. The summed E-state index contributed by atoms with van der Waals surface area (Å²) < 4.78 is 24.5. The van der Waals surface area contributed by atoms with E-state index in [1.807, 2.05) is 13.8 Å². The van der Waals surface area contributed by atoms with Gasteiger partial charge in [-0.2, -0.15) is 10.2 Å².